The van der Waals surface area contributed by atoms with E-state index >= 15 is 0 Å². The van der Waals surface area contributed by atoms with Crippen molar-refractivity contribution < 1.29 is 22.5 Å². The Bertz CT molecular complexity index is 963. The molecule has 0 aliphatic carbocycles. The highest BCUT2D eigenvalue weighted by Gasteiger charge is 2.30. The van der Waals surface area contributed by atoms with Gasteiger partial charge in [-0.1, -0.05) is 13.8 Å². The van der Waals surface area contributed by atoms with Crippen LogP contribution in [0.2, 0.25) is 0 Å². The van der Waals surface area contributed by atoms with Crippen molar-refractivity contribution in [1.82, 2.24) is 4.90 Å². The van der Waals surface area contributed by atoms with Gasteiger partial charge in [0.1, 0.15) is 17.3 Å². The summed E-state index contributed by atoms with van der Waals surface area (Å²) in [6.07, 6.45) is 0.464. The average molecular weight is 440 g/mol. The number of hydrogen-bond donors (Lipinski definition) is 0. The van der Waals surface area contributed by atoms with Gasteiger partial charge in [0.15, 0.2) is 0 Å². The minimum atomic E-state index is -4.15. The lowest BCUT2D eigenvalue weighted by atomic mass is 10.2. The zero-order chi connectivity index (χ0) is 22.3. The second-order valence-electron chi connectivity index (χ2n) is 6.52. The molecule has 2 aromatic carbocycles. The third kappa shape index (κ3) is 5.45. The Kier molecular flexibility index (Phi) is 8.13. The Hall–Kier alpha value is -2.72. The van der Waals surface area contributed by atoms with Crippen LogP contribution in [0, 0.1) is 15.9 Å². The van der Waals surface area contributed by atoms with Crippen LogP contribution >= 0.6 is 0 Å². The summed E-state index contributed by atoms with van der Waals surface area (Å²) in [5.74, 6) is -0.329. The van der Waals surface area contributed by atoms with Crippen molar-refractivity contribution in [2.75, 3.05) is 37.6 Å². The van der Waals surface area contributed by atoms with Crippen LogP contribution in [-0.2, 0) is 10.0 Å². The minimum Gasteiger partial charge on any atom is -0.496 e. The fourth-order valence-electron chi connectivity index (χ4n) is 3.07. The lowest BCUT2D eigenvalue weighted by Crippen LogP contribution is -2.35. The highest BCUT2D eigenvalue weighted by Crippen LogP contribution is 2.35. The first-order valence-electron chi connectivity index (χ1n) is 9.57. The maximum absolute atomic E-state index is 13.3. The molecule has 0 unspecified atom stereocenters. The van der Waals surface area contributed by atoms with E-state index in [1.807, 2.05) is 13.8 Å². The first-order valence-corrected chi connectivity index (χ1v) is 11.0. The molecule has 0 heterocycles. The summed E-state index contributed by atoms with van der Waals surface area (Å²) < 4.78 is 46.0. The number of methoxy groups -OCH3 is 1. The second kappa shape index (κ2) is 10.4. The lowest BCUT2D eigenvalue weighted by Gasteiger charge is -2.26. The van der Waals surface area contributed by atoms with Crippen LogP contribution < -0.4 is 9.04 Å². The van der Waals surface area contributed by atoms with Crippen LogP contribution in [0.5, 0.6) is 5.75 Å². The van der Waals surface area contributed by atoms with Gasteiger partial charge < -0.3 is 9.64 Å². The zero-order valence-corrected chi connectivity index (χ0v) is 18.1. The topological polar surface area (TPSA) is 93.0 Å². The molecule has 0 atom stereocenters. The smallest absolute Gasteiger partial charge is 0.297 e. The number of halogens is 1. The van der Waals surface area contributed by atoms with Gasteiger partial charge in [-0.2, -0.15) is 0 Å². The van der Waals surface area contributed by atoms with Gasteiger partial charge in [-0.3, -0.25) is 14.4 Å². The molecule has 0 radical (unpaired) electrons. The number of nitro benzene ring substituents is 1. The Morgan fingerprint density at radius 2 is 1.70 bits per heavy atom. The molecule has 0 N–H and O–H groups in total. The molecular weight excluding hydrogens is 413 g/mol. The largest absolute Gasteiger partial charge is 0.496 e. The molecule has 0 saturated heterocycles. The second-order valence-corrected chi connectivity index (χ2v) is 8.39. The Morgan fingerprint density at radius 1 is 1.07 bits per heavy atom. The van der Waals surface area contributed by atoms with E-state index in [2.05, 4.69) is 4.90 Å². The number of rotatable bonds is 11. The van der Waals surface area contributed by atoms with Crippen molar-refractivity contribution in [3.8, 4) is 5.75 Å². The molecule has 30 heavy (non-hydrogen) atoms. The van der Waals surface area contributed by atoms with Crippen molar-refractivity contribution in [2.24, 2.45) is 0 Å². The summed E-state index contributed by atoms with van der Waals surface area (Å²) in [6.45, 7) is 6.29. The standard InChI is InChI=1S/C20H26FN3O5S/c1-4-22(5-2)13-6-14-23(30(27,28)18-10-7-16(21)8-11-18)19-12-9-17(29-3)15-20(19)24(25)26/h7-12,15H,4-6,13-14H2,1-3H3. The van der Waals surface area contributed by atoms with E-state index in [1.165, 1.54) is 25.3 Å². The molecule has 0 spiro atoms. The monoisotopic (exact) mass is 439 g/mol. The van der Waals surface area contributed by atoms with E-state index in [0.29, 0.717) is 13.0 Å². The minimum absolute atomic E-state index is 0.0311. The van der Waals surface area contributed by atoms with Gasteiger partial charge in [-0.25, -0.2) is 12.8 Å². The molecule has 0 fully saturated rings. The Labute approximate surface area is 176 Å². The molecule has 10 heteroatoms. The molecule has 0 saturated carbocycles. The van der Waals surface area contributed by atoms with E-state index in [4.69, 9.17) is 4.74 Å². The van der Waals surface area contributed by atoms with E-state index in [-0.39, 0.29) is 28.6 Å². The SMILES string of the molecule is CCN(CC)CCCN(c1ccc(OC)cc1[N+](=O)[O-])S(=O)(=O)c1ccc(F)cc1. The molecular formula is C20H26FN3O5S. The van der Waals surface area contributed by atoms with Gasteiger partial charge in [-0.15, -0.1) is 0 Å². The van der Waals surface area contributed by atoms with Gasteiger partial charge in [-0.05, 0) is 62.5 Å². The highest BCUT2D eigenvalue weighted by molar-refractivity contribution is 7.92. The van der Waals surface area contributed by atoms with Gasteiger partial charge in [0.05, 0.1) is 23.0 Å². The van der Waals surface area contributed by atoms with Crippen molar-refractivity contribution in [3.05, 3.63) is 58.4 Å². The molecule has 2 aromatic rings. The summed E-state index contributed by atoms with van der Waals surface area (Å²) in [4.78, 5) is 13.0. The predicted octanol–water partition coefficient (Wildman–Crippen LogP) is 3.67. The normalized spacial score (nSPS) is 11.5. The number of ether oxygens (including phenoxy) is 1. The van der Waals surface area contributed by atoms with Crippen LogP contribution in [0.3, 0.4) is 0 Å². The van der Waals surface area contributed by atoms with E-state index < -0.39 is 20.8 Å². The number of benzene rings is 2. The van der Waals surface area contributed by atoms with Crippen LogP contribution in [0.15, 0.2) is 47.4 Å². The summed E-state index contributed by atoms with van der Waals surface area (Å²) in [5.41, 5.74) is -0.451. The Balaban J connectivity index is 2.51. The van der Waals surface area contributed by atoms with Crippen molar-refractivity contribution in [2.45, 2.75) is 25.2 Å². The third-order valence-corrected chi connectivity index (χ3v) is 6.61. The molecule has 0 amide bonds. The van der Waals surface area contributed by atoms with Gasteiger partial charge in [0, 0.05) is 6.54 Å². The zero-order valence-electron chi connectivity index (χ0n) is 17.2. The van der Waals surface area contributed by atoms with Gasteiger partial charge in [0.25, 0.3) is 15.7 Å². The van der Waals surface area contributed by atoms with E-state index in [9.17, 15) is 22.9 Å². The highest BCUT2D eigenvalue weighted by atomic mass is 32.2. The maximum Gasteiger partial charge on any atom is 0.297 e. The van der Waals surface area contributed by atoms with Crippen LogP contribution in [0.4, 0.5) is 15.8 Å². The molecule has 0 aliphatic rings. The van der Waals surface area contributed by atoms with Crippen molar-refractivity contribution in [1.29, 1.82) is 0 Å². The first kappa shape index (κ1) is 23.6. The van der Waals surface area contributed by atoms with Gasteiger partial charge in [0.2, 0.25) is 0 Å². The fourth-order valence-corrected chi connectivity index (χ4v) is 4.59. The van der Waals surface area contributed by atoms with Crippen LogP contribution in [0.1, 0.15) is 20.3 Å². The average Bonchev–Trinajstić information content (AvgIpc) is 2.73. The molecule has 2 rings (SSSR count). The first-order chi connectivity index (χ1) is 14.2. The maximum atomic E-state index is 13.3. The van der Waals surface area contributed by atoms with E-state index in [1.54, 1.807) is 0 Å². The lowest BCUT2D eigenvalue weighted by molar-refractivity contribution is -0.384. The van der Waals surface area contributed by atoms with Gasteiger partial charge >= 0.3 is 0 Å². The molecule has 8 nitrogen and oxygen atoms in total. The van der Waals surface area contributed by atoms with Crippen LogP contribution in [0.25, 0.3) is 0 Å². The number of hydrogen-bond acceptors (Lipinski definition) is 6. The number of nitro groups is 1. The Morgan fingerprint density at radius 3 is 2.23 bits per heavy atom. The third-order valence-electron chi connectivity index (χ3n) is 4.78. The van der Waals surface area contributed by atoms with Crippen molar-refractivity contribution >= 4 is 21.4 Å². The predicted molar refractivity (Wildman–Crippen MR) is 113 cm³/mol. The van der Waals surface area contributed by atoms with Crippen molar-refractivity contribution in [3.63, 3.8) is 0 Å². The number of sulfonamides is 1. The fraction of sp³-hybridized carbons (Fsp3) is 0.400. The van der Waals surface area contributed by atoms with E-state index in [0.717, 1.165) is 41.7 Å². The summed E-state index contributed by atoms with van der Waals surface area (Å²) in [6, 6.07) is 8.41. The van der Waals surface area contributed by atoms with Crippen LogP contribution in [-0.4, -0.2) is 51.5 Å². The summed E-state index contributed by atoms with van der Waals surface area (Å²) in [7, 11) is -2.78. The summed E-state index contributed by atoms with van der Waals surface area (Å²) in [5, 5.41) is 11.6. The molecule has 0 aromatic heterocycles. The summed E-state index contributed by atoms with van der Waals surface area (Å²) >= 11 is 0. The molecule has 164 valence electrons. The quantitative estimate of drug-likeness (QED) is 0.392. The number of nitrogens with zero attached hydrogens (tertiary/aromatic N) is 3. The molecule has 0 aliphatic heterocycles. The number of anilines is 1. The molecule has 0 bridgehead atoms.